The minimum Gasteiger partial charge on any atom is -0.481 e. The molecule has 2 amide bonds. The van der Waals surface area contributed by atoms with Crippen molar-refractivity contribution in [2.45, 2.75) is 25.7 Å². The van der Waals surface area contributed by atoms with Gasteiger partial charge in [0.25, 0.3) is 0 Å². The number of carboxylic acid groups (broad SMARTS) is 1. The van der Waals surface area contributed by atoms with E-state index in [0.29, 0.717) is 24.1 Å². The molecule has 2 rings (SSSR count). The first-order chi connectivity index (χ1) is 9.43. The fourth-order valence-corrected chi connectivity index (χ4v) is 2.30. The van der Waals surface area contributed by atoms with Crippen molar-refractivity contribution in [3.8, 4) is 0 Å². The molecule has 1 fully saturated rings. The summed E-state index contributed by atoms with van der Waals surface area (Å²) < 4.78 is 0. The standard InChI is InChI=1S/C14H16N2O4/c15-12(18)9-2-4-10(5-3-9)16-11(17)8-14(13(19)20)6-1-7-14/h2-5H,1,6-8H2,(H2,15,18)(H,16,17)(H,19,20). The summed E-state index contributed by atoms with van der Waals surface area (Å²) in [4.78, 5) is 34.0. The predicted molar refractivity (Wildman–Crippen MR) is 72.1 cm³/mol. The molecule has 0 radical (unpaired) electrons. The molecule has 6 nitrogen and oxygen atoms in total. The Morgan fingerprint density at radius 2 is 1.80 bits per heavy atom. The minimum atomic E-state index is -0.914. The topological polar surface area (TPSA) is 109 Å². The van der Waals surface area contributed by atoms with Crippen LogP contribution in [0, 0.1) is 5.41 Å². The first-order valence-electron chi connectivity index (χ1n) is 6.36. The van der Waals surface area contributed by atoms with Crippen LogP contribution in [0.1, 0.15) is 36.0 Å². The molecule has 0 saturated heterocycles. The Kier molecular flexibility index (Phi) is 3.74. The normalized spacial score (nSPS) is 16.0. The first kappa shape index (κ1) is 14.0. The predicted octanol–water partition coefficient (Wildman–Crippen LogP) is 1.37. The second-order valence-electron chi connectivity index (χ2n) is 5.11. The SMILES string of the molecule is NC(=O)c1ccc(NC(=O)CC2(C(=O)O)CCC2)cc1. The van der Waals surface area contributed by atoms with Crippen LogP contribution in [-0.4, -0.2) is 22.9 Å². The third-order valence-electron chi connectivity index (χ3n) is 3.72. The molecular weight excluding hydrogens is 260 g/mol. The molecule has 6 heteroatoms. The molecule has 0 heterocycles. The van der Waals surface area contributed by atoms with Crippen molar-refractivity contribution in [3.63, 3.8) is 0 Å². The van der Waals surface area contributed by atoms with Crippen LogP contribution < -0.4 is 11.1 Å². The van der Waals surface area contributed by atoms with Gasteiger partial charge in [0.15, 0.2) is 0 Å². The van der Waals surface area contributed by atoms with Crippen molar-refractivity contribution in [3.05, 3.63) is 29.8 Å². The zero-order chi connectivity index (χ0) is 14.8. The number of benzene rings is 1. The van der Waals surface area contributed by atoms with Gasteiger partial charge < -0.3 is 16.2 Å². The zero-order valence-electron chi connectivity index (χ0n) is 10.9. The number of primary amides is 1. The maximum atomic E-state index is 11.9. The average Bonchev–Trinajstić information content (AvgIpc) is 2.34. The number of rotatable bonds is 5. The Morgan fingerprint density at radius 3 is 2.20 bits per heavy atom. The van der Waals surface area contributed by atoms with E-state index in [1.54, 1.807) is 12.1 Å². The number of anilines is 1. The van der Waals surface area contributed by atoms with E-state index >= 15 is 0 Å². The van der Waals surface area contributed by atoms with E-state index in [-0.39, 0.29) is 12.3 Å². The summed E-state index contributed by atoms with van der Waals surface area (Å²) in [5, 5.41) is 11.8. The van der Waals surface area contributed by atoms with Gasteiger partial charge in [-0.05, 0) is 37.1 Å². The molecule has 1 saturated carbocycles. The second-order valence-corrected chi connectivity index (χ2v) is 5.11. The molecule has 1 aromatic rings. The smallest absolute Gasteiger partial charge is 0.310 e. The first-order valence-corrected chi connectivity index (χ1v) is 6.36. The van der Waals surface area contributed by atoms with Gasteiger partial charge in [0.2, 0.25) is 11.8 Å². The van der Waals surface area contributed by atoms with Crippen molar-refractivity contribution in [2.24, 2.45) is 11.1 Å². The number of carbonyl (C=O) groups is 3. The van der Waals surface area contributed by atoms with E-state index in [4.69, 9.17) is 10.8 Å². The number of carboxylic acids is 1. The van der Waals surface area contributed by atoms with Gasteiger partial charge >= 0.3 is 5.97 Å². The number of hydrogen-bond donors (Lipinski definition) is 3. The summed E-state index contributed by atoms with van der Waals surface area (Å²) in [6, 6.07) is 6.14. The Hall–Kier alpha value is -2.37. The van der Waals surface area contributed by atoms with E-state index < -0.39 is 17.3 Å². The molecule has 20 heavy (non-hydrogen) atoms. The summed E-state index contributed by atoms with van der Waals surface area (Å²) in [5.74, 6) is -1.79. The fourth-order valence-electron chi connectivity index (χ4n) is 2.30. The van der Waals surface area contributed by atoms with Crippen molar-refractivity contribution in [2.75, 3.05) is 5.32 Å². The third-order valence-corrected chi connectivity index (χ3v) is 3.72. The van der Waals surface area contributed by atoms with Crippen LogP contribution in [0.15, 0.2) is 24.3 Å². The van der Waals surface area contributed by atoms with Gasteiger partial charge in [0, 0.05) is 17.7 Å². The maximum Gasteiger partial charge on any atom is 0.310 e. The Bertz CT molecular complexity index is 547. The molecule has 106 valence electrons. The highest BCUT2D eigenvalue weighted by Crippen LogP contribution is 2.44. The average molecular weight is 276 g/mol. The molecular formula is C14H16N2O4. The molecule has 1 aromatic carbocycles. The largest absolute Gasteiger partial charge is 0.481 e. The lowest BCUT2D eigenvalue weighted by Gasteiger charge is -2.36. The monoisotopic (exact) mass is 276 g/mol. The van der Waals surface area contributed by atoms with E-state index in [1.165, 1.54) is 12.1 Å². The lowest BCUT2D eigenvalue weighted by molar-refractivity contribution is -0.157. The van der Waals surface area contributed by atoms with Crippen molar-refractivity contribution >= 4 is 23.5 Å². The Labute approximate surface area is 116 Å². The molecule has 1 aliphatic rings. The minimum absolute atomic E-state index is 0.0279. The Balaban J connectivity index is 1.97. The van der Waals surface area contributed by atoms with Crippen LogP contribution in [0.3, 0.4) is 0 Å². The summed E-state index contributed by atoms with van der Waals surface area (Å²) in [6.07, 6.45) is 1.89. The number of amides is 2. The number of nitrogens with one attached hydrogen (secondary N) is 1. The molecule has 4 N–H and O–H groups in total. The van der Waals surface area contributed by atoms with Gasteiger partial charge in [0.05, 0.1) is 5.41 Å². The van der Waals surface area contributed by atoms with E-state index in [9.17, 15) is 14.4 Å². The van der Waals surface area contributed by atoms with Crippen LogP contribution >= 0.6 is 0 Å². The van der Waals surface area contributed by atoms with Crippen molar-refractivity contribution < 1.29 is 19.5 Å². The van der Waals surface area contributed by atoms with E-state index in [2.05, 4.69) is 5.32 Å². The van der Waals surface area contributed by atoms with E-state index in [1.807, 2.05) is 0 Å². The lowest BCUT2D eigenvalue weighted by Crippen LogP contribution is -2.41. The molecule has 0 unspecified atom stereocenters. The molecule has 0 aliphatic heterocycles. The highest BCUT2D eigenvalue weighted by Gasteiger charge is 2.45. The molecule has 0 aromatic heterocycles. The van der Waals surface area contributed by atoms with Gasteiger partial charge in [-0.1, -0.05) is 6.42 Å². The fraction of sp³-hybridized carbons (Fsp3) is 0.357. The highest BCUT2D eigenvalue weighted by molar-refractivity contribution is 5.96. The second kappa shape index (κ2) is 5.32. The maximum absolute atomic E-state index is 11.9. The van der Waals surface area contributed by atoms with Gasteiger partial charge in [-0.25, -0.2) is 0 Å². The van der Waals surface area contributed by atoms with Crippen molar-refractivity contribution in [1.29, 1.82) is 0 Å². The van der Waals surface area contributed by atoms with Crippen LogP contribution in [-0.2, 0) is 9.59 Å². The van der Waals surface area contributed by atoms with Crippen LogP contribution in [0.2, 0.25) is 0 Å². The van der Waals surface area contributed by atoms with Gasteiger partial charge in [-0.2, -0.15) is 0 Å². The highest BCUT2D eigenvalue weighted by atomic mass is 16.4. The van der Waals surface area contributed by atoms with E-state index in [0.717, 1.165) is 6.42 Å². The summed E-state index contributed by atoms with van der Waals surface area (Å²) in [6.45, 7) is 0. The van der Waals surface area contributed by atoms with Gasteiger partial charge in [-0.15, -0.1) is 0 Å². The van der Waals surface area contributed by atoms with Gasteiger partial charge in [-0.3, -0.25) is 14.4 Å². The molecule has 1 aliphatic carbocycles. The molecule has 0 atom stereocenters. The Morgan fingerprint density at radius 1 is 1.20 bits per heavy atom. The summed E-state index contributed by atoms with van der Waals surface area (Å²) in [5.41, 5.74) is 5.07. The van der Waals surface area contributed by atoms with Crippen LogP contribution in [0.5, 0.6) is 0 Å². The number of nitrogens with two attached hydrogens (primary N) is 1. The zero-order valence-corrected chi connectivity index (χ0v) is 10.9. The van der Waals surface area contributed by atoms with Gasteiger partial charge in [0.1, 0.15) is 0 Å². The summed E-state index contributed by atoms with van der Waals surface area (Å²) in [7, 11) is 0. The lowest BCUT2D eigenvalue weighted by atomic mass is 9.66. The number of carbonyl (C=O) groups excluding carboxylic acids is 2. The number of aliphatic carboxylic acids is 1. The third kappa shape index (κ3) is 2.79. The summed E-state index contributed by atoms with van der Waals surface area (Å²) >= 11 is 0. The number of hydrogen-bond acceptors (Lipinski definition) is 3. The van der Waals surface area contributed by atoms with Crippen molar-refractivity contribution in [1.82, 2.24) is 0 Å². The van der Waals surface area contributed by atoms with Crippen LogP contribution in [0.25, 0.3) is 0 Å². The molecule has 0 spiro atoms. The molecule has 0 bridgehead atoms. The quantitative estimate of drug-likeness (QED) is 0.754. The van der Waals surface area contributed by atoms with Crippen LogP contribution in [0.4, 0.5) is 5.69 Å².